The van der Waals surface area contributed by atoms with Crippen LogP contribution in [0.3, 0.4) is 0 Å². The zero-order valence-electron chi connectivity index (χ0n) is 22.6. The number of fused-ring (bicyclic) bond motifs is 3. The molecule has 41 heavy (non-hydrogen) atoms. The Kier molecular flexibility index (Phi) is 8.64. The number of nitrogens with one attached hydrogen (secondary N) is 2. The number of rotatable bonds is 10. The second-order valence-electron chi connectivity index (χ2n) is 9.28. The second kappa shape index (κ2) is 12.7. The molecule has 0 saturated carbocycles. The van der Waals surface area contributed by atoms with Crippen LogP contribution in [0.15, 0.2) is 82.8 Å². The van der Waals surface area contributed by atoms with Crippen molar-refractivity contribution in [2.45, 2.75) is 25.4 Å². The van der Waals surface area contributed by atoms with Gasteiger partial charge in [0.05, 0.1) is 31.3 Å². The number of para-hydroxylation sites is 1. The fourth-order valence-corrected chi connectivity index (χ4v) is 5.41. The van der Waals surface area contributed by atoms with E-state index in [9.17, 15) is 14.4 Å². The van der Waals surface area contributed by atoms with Gasteiger partial charge in [-0.05, 0) is 36.2 Å². The first-order valence-electron chi connectivity index (χ1n) is 13.0. The smallest absolute Gasteiger partial charge is 0.270 e. The van der Waals surface area contributed by atoms with Crippen molar-refractivity contribution in [2.24, 2.45) is 9.98 Å². The minimum atomic E-state index is -0.700. The van der Waals surface area contributed by atoms with Crippen molar-refractivity contribution in [2.75, 3.05) is 25.3 Å². The quantitative estimate of drug-likeness (QED) is 0.375. The lowest BCUT2D eigenvalue weighted by Crippen LogP contribution is -2.44. The Hall–Kier alpha value is -4.64. The molecule has 1 atom stereocenters. The molecule has 11 heteroatoms. The Morgan fingerprint density at radius 2 is 1.73 bits per heavy atom. The highest BCUT2D eigenvalue weighted by molar-refractivity contribution is 8.14. The van der Waals surface area contributed by atoms with Crippen LogP contribution in [0.4, 0.5) is 11.4 Å². The lowest BCUT2D eigenvalue weighted by molar-refractivity contribution is -0.122. The van der Waals surface area contributed by atoms with Crippen LogP contribution in [0, 0.1) is 0 Å². The highest BCUT2D eigenvalue weighted by atomic mass is 32.2. The van der Waals surface area contributed by atoms with Gasteiger partial charge < -0.3 is 20.1 Å². The summed E-state index contributed by atoms with van der Waals surface area (Å²) in [7, 11) is 3.07. The van der Waals surface area contributed by atoms with Crippen LogP contribution in [0.1, 0.15) is 24.0 Å². The third-order valence-electron chi connectivity index (χ3n) is 6.60. The number of thioether (sulfide) groups is 1. The number of ether oxygens (including phenoxy) is 2. The maximum absolute atomic E-state index is 13.1. The molecule has 10 nitrogen and oxygen atoms in total. The summed E-state index contributed by atoms with van der Waals surface area (Å²) in [5.41, 5.74) is 2.86. The molecular weight excluding hydrogens is 542 g/mol. The number of nitrogens with zero attached hydrogens (tertiary/aromatic N) is 3. The first kappa shape index (κ1) is 27.9. The number of methoxy groups -OCH3 is 2. The minimum Gasteiger partial charge on any atom is -0.497 e. The minimum absolute atomic E-state index is 0.0175. The monoisotopic (exact) mass is 571 g/mol. The van der Waals surface area contributed by atoms with Gasteiger partial charge in [-0.1, -0.05) is 54.2 Å². The number of carbonyl (C=O) groups excluding carboxylic acids is 3. The topological polar surface area (TPSA) is 122 Å². The van der Waals surface area contributed by atoms with Gasteiger partial charge in [0, 0.05) is 24.6 Å². The molecule has 0 saturated heterocycles. The van der Waals surface area contributed by atoms with Gasteiger partial charge in [-0.2, -0.15) is 4.99 Å². The number of hydrogen-bond donors (Lipinski definition) is 2. The molecule has 3 aromatic carbocycles. The Labute approximate surface area is 241 Å². The predicted octanol–water partition coefficient (Wildman–Crippen LogP) is 4.13. The summed E-state index contributed by atoms with van der Waals surface area (Å²) in [6.07, 6.45) is 0.389. The van der Waals surface area contributed by atoms with E-state index >= 15 is 0 Å². The van der Waals surface area contributed by atoms with Gasteiger partial charge in [-0.15, -0.1) is 0 Å². The van der Waals surface area contributed by atoms with E-state index in [1.54, 1.807) is 30.2 Å². The van der Waals surface area contributed by atoms with E-state index in [0.29, 0.717) is 40.4 Å². The SMILES string of the molecule is COc1ccc(OC)c(NC(=O)CSC2=Nc3ccccc3C3=NC(=O)C(CCC(=O)NCc4ccccc4)N23)c1. The van der Waals surface area contributed by atoms with Crippen molar-refractivity contribution in [3.63, 3.8) is 0 Å². The molecule has 3 aromatic rings. The maximum Gasteiger partial charge on any atom is 0.270 e. The van der Waals surface area contributed by atoms with Gasteiger partial charge >= 0.3 is 0 Å². The third-order valence-corrected chi connectivity index (χ3v) is 7.55. The number of hydrogen-bond acceptors (Lipinski definition) is 8. The van der Waals surface area contributed by atoms with Crippen molar-refractivity contribution in [1.82, 2.24) is 10.2 Å². The van der Waals surface area contributed by atoms with E-state index in [1.165, 1.54) is 18.9 Å². The van der Waals surface area contributed by atoms with Crippen molar-refractivity contribution >= 4 is 51.9 Å². The van der Waals surface area contributed by atoms with Crippen molar-refractivity contribution in [1.29, 1.82) is 0 Å². The van der Waals surface area contributed by atoms with Gasteiger partial charge in [-0.3, -0.25) is 19.3 Å². The van der Waals surface area contributed by atoms with Crippen LogP contribution < -0.4 is 20.1 Å². The first-order chi connectivity index (χ1) is 20.0. The van der Waals surface area contributed by atoms with Gasteiger partial charge in [0.25, 0.3) is 5.91 Å². The van der Waals surface area contributed by atoms with Gasteiger partial charge in [0.2, 0.25) is 11.8 Å². The van der Waals surface area contributed by atoms with Gasteiger partial charge in [-0.25, -0.2) is 4.99 Å². The standard InChI is InChI=1S/C30H29N5O5S/c1-39-20-12-14-25(40-2)23(16-20)32-27(37)18-41-30-33-22-11-7-6-10-21(22)28-34-29(38)24(35(28)30)13-15-26(36)31-17-19-8-4-3-5-9-19/h3-12,14,16,24H,13,15,17-18H2,1-2H3,(H,31,36)(H,32,37). The summed E-state index contributed by atoms with van der Waals surface area (Å²) in [5.74, 6) is 0.782. The molecule has 1 unspecified atom stereocenters. The zero-order valence-corrected chi connectivity index (χ0v) is 23.4. The van der Waals surface area contributed by atoms with Crippen molar-refractivity contribution in [3.8, 4) is 11.5 Å². The Morgan fingerprint density at radius 3 is 2.51 bits per heavy atom. The van der Waals surface area contributed by atoms with Crippen molar-refractivity contribution in [3.05, 3.63) is 83.9 Å². The number of carbonyl (C=O) groups is 3. The number of anilines is 1. The second-order valence-corrected chi connectivity index (χ2v) is 10.2. The molecule has 0 aliphatic carbocycles. The molecule has 0 radical (unpaired) electrons. The van der Waals surface area contributed by atoms with E-state index in [2.05, 4.69) is 15.6 Å². The fourth-order valence-electron chi connectivity index (χ4n) is 4.56. The summed E-state index contributed by atoms with van der Waals surface area (Å²) >= 11 is 1.19. The largest absolute Gasteiger partial charge is 0.497 e. The molecule has 0 aromatic heterocycles. The van der Waals surface area contributed by atoms with Crippen LogP contribution in [0.5, 0.6) is 11.5 Å². The van der Waals surface area contributed by atoms with Crippen LogP contribution in [0.25, 0.3) is 0 Å². The molecular formula is C30H29N5O5S. The molecule has 2 aliphatic heterocycles. The summed E-state index contributed by atoms with van der Waals surface area (Å²) in [6.45, 7) is 0.410. The molecule has 3 amide bonds. The van der Waals surface area contributed by atoms with E-state index < -0.39 is 6.04 Å². The summed E-state index contributed by atoms with van der Waals surface area (Å²) in [4.78, 5) is 49.5. The van der Waals surface area contributed by atoms with Gasteiger partial charge in [0.15, 0.2) is 5.17 Å². The van der Waals surface area contributed by atoms with E-state index in [1.807, 2.05) is 54.6 Å². The average molecular weight is 572 g/mol. The number of benzene rings is 3. The fraction of sp³-hybridized carbons (Fsp3) is 0.233. The van der Waals surface area contributed by atoms with Crippen molar-refractivity contribution < 1.29 is 23.9 Å². The van der Waals surface area contributed by atoms with Crippen LogP contribution >= 0.6 is 11.8 Å². The molecule has 210 valence electrons. The Morgan fingerprint density at radius 1 is 0.951 bits per heavy atom. The van der Waals surface area contributed by atoms with E-state index in [0.717, 1.165) is 11.1 Å². The zero-order chi connectivity index (χ0) is 28.8. The maximum atomic E-state index is 13.1. The van der Waals surface area contributed by atoms with E-state index in [-0.39, 0.29) is 36.3 Å². The molecule has 2 N–H and O–H groups in total. The molecule has 0 bridgehead atoms. The van der Waals surface area contributed by atoms with Crippen LogP contribution in [-0.2, 0) is 20.9 Å². The normalized spacial score (nSPS) is 15.3. The lowest BCUT2D eigenvalue weighted by Gasteiger charge is -2.31. The molecule has 2 heterocycles. The lowest BCUT2D eigenvalue weighted by atomic mass is 10.1. The Balaban J connectivity index is 1.28. The summed E-state index contributed by atoms with van der Waals surface area (Å²) < 4.78 is 10.6. The summed E-state index contributed by atoms with van der Waals surface area (Å²) in [5, 5.41) is 6.23. The highest BCUT2D eigenvalue weighted by Gasteiger charge is 2.41. The molecule has 0 spiro atoms. The molecule has 2 aliphatic rings. The number of amidine groups is 2. The number of aliphatic imine (C=N–C) groups is 2. The molecule has 0 fully saturated rings. The third kappa shape index (κ3) is 6.41. The van der Waals surface area contributed by atoms with Gasteiger partial charge in [0.1, 0.15) is 23.4 Å². The number of amides is 3. The highest BCUT2D eigenvalue weighted by Crippen LogP contribution is 2.35. The van der Waals surface area contributed by atoms with E-state index in [4.69, 9.17) is 14.5 Å². The average Bonchev–Trinajstić information content (AvgIpc) is 3.34. The predicted molar refractivity (Wildman–Crippen MR) is 159 cm³/mol. The van der Waals surface area contributed by atoms with Crippen LogP contribution in [-0.4, -0.2) is 59.6 Å². The summed E-state index contributed by atoms with van der Waals surface area (Å²) in [6, 6.07) is 21.5. The Bertz CT molecular complexity index is 1520. The molecule has 5 rings (SSSR count). The first-order valence-corrected chi connectivity index (χ1v) is 14.0. The van der Waals surface area contributed by atoms with Crippen LogP contribution in [0.2, 0.25) is 0 Å².